The third-order valence-electron chi connectivity index (χ3n) is 9.06. The molecule has 5 rings (SSSR count). The Morgan fingerprint density at radius 3 is 2.53 bits per heavy atom. The maximum atomic E-state index is 13.9. The number of hydrogen-bond acceptors (Lipinski definition) is 7. The number of amides is 3. The highest BCUT2D eigenvalue weighted by Crippen LogP contribution is 2.36. The number of ether oxygens (including phenoxy) is 4. The topological polar surface area (TPSA) is 84.0 Å². The van der Waals surface area contributed by atoms with E-state index in [4.69, 9.17) is 18.9 Å². The molecule has 3 amide bonds. The fourth-order valence-electron chi connectivity index (χ4n) is 6.24. The predicted molar refractivity (Wildman–Crippen MR) is 174 cm³/mol. The van der Waals surface area contributed by atoms with Crippen LogP contribution >= 0.6 is 0 Å². The van der Waals surface area contributed by atoms with Crippen molar-refractivity contribution in [3.05, 3.63) is 47.5 Å². The van der Waals surface area contributed by atoms with Crippen molar-refractivity contribution in [3.8, 4) is 17.2 Å². The highest BCUT2D eigenvalue weighted by Gasteiger charge is 2.33. The number of hydrogen-bond donors (Lipinski definition) is 0. The Balaban J connectivity index is 1.24. The maximum Gasteiger partial charge on any atom is 0.325 e. The van der Waals surface area contributed by atoms with Gasteiger partial charge in [-0.2, -0.15) is 0 Å². The van der Waals surface area contributed by atoms with Crippen LogP contribution in [0.2, 0.25) is 0 Å². The first-order valence-corrected chi connectivity index (χ1v) is 16.3. The van der Waals surface area contributed by atoms with Gasteiger partial charge in [0.1, 0.15) is 5.75 Å². The van der Waals surface area contributed by atoms with Crippen molar-refractivity contribution in [2.45, 2.75) is 64.1 Å². The fraction of sp³-hybridized carbons (Fsp3) is 0.600. The molecular formula is C35H50N4O6. The normalized spacial score (nSPS) is 20.5. The van der Waals surface area contributed by atoms with Gasteiger partial charge in [0, 0.05) is 49.5 Å². The lowest BCUT2D eigenvalue weighted by Gasteiger charge is -2.40. The first-order valence-electron chi connectivity index (χ1n) is 16.3. The molecule has 2 heterocycles. The molecule has 2 atom stereocenters. The molecule has 246 valence electrons. The molecule has 3 fully saturated rings. The zero-order valence-electron chi connectivity index (χ0n) is 27.6. The van der Waals surface area contributed by atoms with Crippen LogP contribution in [0.4, 0.5) is 10.5 Å². The molecule has 0 spiro atoms. The summed E-state index contributed by atoms with van der Waals surface area (Å²) in [5.41, 5.74) is 2.59. The van der Waals surface area contributed by atoms with Crippen LogP contribution in [-0.4, -0.2) is 106 Å². The Labute approximate surface area is 268 Å². The van der Waals surface area contributed by atoms with Crippen LogP contribution in [0.3, 0.4) is 0 Å². The van der Waals surface area contributed by atoms with Crippen LogP contribution in [0.15, 0.2) is 36.4 Å². The molecule has 45 heavy (non-hydrogen) atoms. The molecule has 0 N–H and O–H groups in total. The molecule has 2 aliphatic heterocycles. The number of urea groups is 1. The molecular weight excluding hydrogens is 572 g/mol. The Hall–Kier alpha value is -3.50. The minimum absolute atomic E-state index is 0.0206. The summed E-state index contributed by atoms with van der Waals surface area (Å²) >= 11 is 0. The van der Waals surface area contributed by atoms with E-state index in [1.54, 1.807) is 14.2 Å². The number of rotatable bonds is 14. The van der Waals surface area contributed by atoms with Gasteiger partial charge in [-0.15, -0.1) is 0 Å². The number of nitrogens with zero attached hydrogens (tertiary/aromatic N) is 4. The summed E-state index contributed by atoms with van der Waals surface area (Å²) < 4.78 is 23.3. The second-order valence-corrected chi connectivity index (χ2v) is 12.9. The van der Waals surface area contributed by atoms with Gasteiger partial charge < -0.3 is 33.6 Å². The molecule has 2 unspecified atom stereocenters. The minimum atomic E-state index is -0.0560. The average Bonchev–Trinajstić information content (AvgIpc) is 3.86. The number of morpholine rings is 1. The second kappa shape index (κ2) is 15.2. The predicted octanol–water partition coefficient (Wildman–Crippen LogP) is 4.83. The highest BCUT2D eigenvalue weighted by atomic mass is 16.5. The quantitative estimate of drug-likeness (QED) is 0.279. The van der Waals surface area contributed by atoms with Crippen molar-refractivity contribution in [1.82, 2.24) is 14.7 Å². The van der Waals surface area contributed by atoms with Gasteiger partial charge in [0.15, 0.2) is 11.5 Å². The lowest BCUT2D eigenvalue weighted by molar-refractivity contribution is -0.138. The highest BCUT2D eigenvalue weighted by molar-refractivity contribution is 5.93. The van der Waals surface area contributed by atoms with Crippen LogP contribution in [0, 0.1) is 5.92 Å². The molecule has 2 aromatic carbocycles. The van der Waals surface area contributed by atoms with E-state index in [2.05, 4.69) is 11.8 Å². The molecule has 10 nitrogen and oxygen atoms in total. The van der Waals surface area contributed by atoms with Crippen molar-refractivity contribution in [1.29, 1.82) is 0 Å². The summed E-state index contributed by atoms with van der Waals surface area (Å²) in [5, 5.41) is 0. The largest absolute Gasteiger partial charge is 0.496 e. The standard InChI is InChI=1S/C35H50N4O6/c1-25-14-15-38(29-12-13-31(42-4)33(21-29)45-17-6-7-26-8-9-26)35(41)39(25)22-28-11-10-27(19-32(28)43-5)20-34(40)37-16-18-44-30(24-37)23-36(2)3/h10-13,19,21,25-26,30H,6-9,14-18,20,22-24H2,1-5H3. The molecule has 3 aliphatic rings. The number of carbonyl (C=O) groups excluding carboxylic acids is 2. The first kappa shape index (κ1) is 32.9. The van der Waals surface area contributed by atoms with Gasteiger partial charge in [-0.1, -0.05) is 25.0 Å². The van der Waals surface area contributed by atoms with Gasteiger partial charge in [0.25, 0.3) is 0 Å². The summed E-state index contributed by atoms with van der Waals surface area (Å²) in [7, 11) is 7.29. The fourth-order valence-corrected chi connectivity index (χ4v) is 6.24. The lowest BCUT2D eigenvalue weighted by Crippen LogP contribution is -2.53. The van der Waals surface area contributed by atoms with E-state index in [0.717, 1.165) is 42.1 Å². The molecule has 0 aromatic heterocycles. The van der Waals surface area contributed by atoms with Crippen LogP contribution < -0.4 is 19.1 Å². The van der Waals surface area contributed by atoms with E-state index in [9.17, 15) is 9.59 Å². The average molecular weight is 623 g/mol. The van der Waals surface area contributed by atoms with Crippen molar-refractivity contribution < 1.29 is 28.5 Å². The monoisotopic (exact) mass is 622 g/mol. The van der Waals surface area contributed by atoms with Crippen molar-refractivity contribution in [3.63, 3.8) is 0 Å². The van der Waals surface area contributed by atoms with Gasteiger partial charge in [-0.05, 0) is 70.0 Å². The SMILES string of the molecule is COc1cc(CC(=O)N2CCOC(CN(C)C)C2)ccc1CN1C(=O)N(c2ccc(OC)c(OCCCC3CC3)c2)CCC1C. The van der Waals surface area contributed by atoms with Gasteiger partial charge in [0.2, 0.25) is 5.91 Å². The van der Waals surface area contributed by atoms with Crippen LogP contribution in [0.5, 0.6) is 17.2 Å². The molecule has 0 radical (unpaired) electrons. The molecule has 1 aliphatic carbocycles. The number of likely N-dealkylation sites (N-methyl/N-ethyl adjacent to an activating group) is 1. The maximum absolute atomic E-state index is 13.9. The van der Waals surface area contributed by atoms with Gasteiger partial charge >= 0.3 is 6.03 Å². The Kier molecular flexibility index (Phi) is 11.1. The lowest BCUT2D eigenvalue weighted by atomic mass is 10.0. The second-order valence-electron chi connectivity index (χ2n) is 12.9. The molecule has 2 saturated heterocycles. The molecule has 0 bridgehead atoms. The van der Waals surface area contributed by atoms with E-state index >= 15 is 0 Å². The van der Waals surface area contributed by atoms with Crippen molar-refractivity contribution in [2.75, 3.05) is 72.6 Å². The smallest absolute Gasteiger partial charge is 0.325 e. The Bertz CT molecular complexity index is 1320. The molecule has 1 saturated carbocycles. The zero-order valence-corrected chi connectivity index (χ0v) is 27.6. The van der Waals surface area contributed by atoms with Crippen LogP contribution in [0.1, 0.15) is 50.2 Å². The third kappa shape index (κ3) is 8.61. The number of anilines is 1. The van der Waals surface area contributed by atoms with E-state index < -0.39 is 0 Å². The summed E-state index contributed by atoms with van der Waals surface area (Å²) in [4.78, 5) is 34.8. The summed E-state index contributed by atoms with van der Waals surface area (Å²) in [6.45, 7) is 6.29. The number of methoxy groups -OCH3 is 2. The zero-order chi connectivity index (χ0) is 31.9. The van der Waals surface area contributed by atoms with E-state index in [1.165, 1.54) is 19.3 Å². The third-order valence-corrected chi connectivity index (χ3v) is 9.06. The number of benzene rings is 2. The van der Waals surface area contributed by atoms with Crippen LogP contribution in [-0.2, 0) is 22.5 Å². The summed E-state index contributed by atoms with van der Waals surface area (Å²) in [5.74, 6) is 2.97. The van der Waals surface area contributed by atoms with Gasteiger partial charge in [-0.3, -0.25) is 9.69 Å². The van der Waals surface area contributed by atoms with Gasteiger partial charge in [0.05, 0.1) is 46.5 Å². The Morgan fingerprint density at radius 2 is 1.80 bits per heavy atom. The van der Waals surface area contributed by atoms with Gasteiger partial charge in [-0.25, -0.2) is 4.79 Å². The van der Waals surface area contributed by atoms with E-state index in [1.807, 2.05) is 65.2 Å². The van der Waals surface area contributed by atoms with E-state index in [0.29, 0.717) is 63.1 Å². The van der Waals surface area contributed by atoms with E-state index in [-0.39, 0.29) is 24.1 Å². The van der Waals surface area contributed by atoms with Crippen LogP contribution in [0.25, 0.3) is 0 Å². The summed E-state index contributed by atoms with van der Waals surface area (Å²) in [6.07, 6.45) is 6.04. The van der Waals surface area contributed by atoms with Crippen molar-refractivity contribution >= 4 is 17.6 Å². The summed E-state index contributed by atoms with van der Waals surface area (Å²) in [6, 6.07) is 11.6. The Morgan fingerprint density at radius 1 is 1.00 bits per heavy atom. The molecule has 10 heteroatoms. The molecule has 2 aromatic rings. The minimum Gasteiger partial charge on any atom is -0.496 e. The number of carbonyl (C=O) groups is 2. The first-order chi connectivity index (χ1) is 21.7. The van der Waals surface area contributed by atoms with Crippen molar-refractivity contribution in [2.24, 2.45) is 5.92 Å².